The molecule has 0 radical (unpaired) electrons. The van der Waals surface area contributed by atoms with Crippen LogP contribution in [-0.4, -0.2) is 35.1 Å². The minimum atomic E-state index is -0.0296. The fourth-order valence-corrected chi connectivity index (χ4v) is 1.63. The molecule has 0 amide bonds. The van der Waals surface area contributed by atoms with Gasteiger partial charge in [-0.15, -0.1) is 0 Å². The Morgan fingerprint density at radius 1 is 1.33 bits per heavy atom. The average molecular weight is 205 g/mol. The van der Waals surface area contributed by atoms with E-state index < -0.39 is 0 Å². The monoisotopic (exact) mass is 205 g/mol. The number of hydrogen-bond acceptors (Lipinski definition) is 2. The van der Waals surface area contributed by atoms with Crippen molar-refractivity contribution in [2.45, 2.75) is 6.54 Å². The number of aromatic nitrogens is 2. The molecule has 1 heterocycles. The predicted molar refractivity (Wildman–Crippen MR) is 61.1 cm³/mol. The molecule has 80 valence electrons. The Morgan fingerprint density at radius 3 is 2.80 bits per heavy atom. The van der Waals surface area contributed by atoms with E-state index in [2.05, 4.69) is 9.88 Å². The first-order valence-electron chi connectivity index (χ1n) is 5.01. The molecule has 0 aliphatic carbocycles. The summed E-state index contributed by atoms with van der Waals surface area (Å²) < 4.78 is 1.77. The summed E-state index contributed by atoms with van der Waals surface area (Å²) in [5, 5.41) is 0. The average Bonchev–Trinajstić information content (AvgIpc) is 2.50. The van der Waals surface area contributed by atoms with E-state index in [0.29, 0.717) is 0 Å². The van der Waals surface area contributed by atoms with E-state index in [0.717, 1.165) is 24.1 Å². The third kappa shape index (κ3) is 1.94. The van der Waals surface area contributed by atoms with Crippen molar-refractivity contribution in [3.05, 3.63) is 34.7 Å². The summed E-state index contributed by atoms with van der Waals surface area (Å²) in [6.07, 6.45) is 0. The van der Waals surface area contributed by atoms with E-state index in [1.54, 1.807) is 4.57 Å². The number of benzene rings is 1. The maximum atomic E-state index is 11.6. The highest BCUT2D eigenvalue weighted by Crippen LogP contribution is 2.08. The van der Waals surface area contributed by atoms with Crippen molar-refractivity contribution >= 4 is 11.0 Å². The van der Waals surface area contributed by atoms with Gasteiger partial charge in [-0.25, -0.2) is 4.79 Å². The van der Waals surface area contributed by atoms with Gasteiger partial charge < -0.3 is 9.88 Å². The molecule has 0 saturated heterocycles. The molecule has 0 aliphatic heterocycles. The maximum absolute atomic E-state index is 11.6. The molecule has 15 heavy (non-hydrogen) atoms. The van der Waals surface area contributed by atoms with Crippen LogP contribution in [0, 0.1) is 0 Å². The van der Waals surface area contributed by atoms with E-state index >= 15 is 0 Å². The molecule has 1 aromatic carbocycles. The summed E-state index contributed by atoms with van der Waals surface area (Å²) in [6.45, 7) is 1.58. The smallest absolute Gasteiger partial charge is 0.308 e. The van der Waals surface area contributed by atoms with Gasteiger partial charge in [0.05, 0.1) is 11.0 Å². The molecule has 0 aliphatic rings. The second-order valence-corrected chi connectivity index (χ2v) is 3.90. The number of para-hydroxylation sites is 2. The Bertz CT molecular complexity index is 510. The highest BCUT2D eigenvalue weighted by molar-refractivity contribution is 5.74. The van der Waals surface area contributed by atoms with Crippen LogP contribution in [0.5, 0.6) is 0 Å². The number of imidazole rings is 1. The molecule has 1 N–H and O–H groups in total. The molecule has 0 fully saturated rings. The molecule has 0 spiro atoms. The lowest BCUT2D eigenvalue weighted by molar-refractivity contribution is 0.384. The zero-order valence-electron chi connectivity index (χ0n) is 9.03. The van der Waals surface area contributed by atoms with E-state index in [1.807, 2.05) is 38.4 Å². The Kier molecular flexibility index (Phi) is 2.60. The highest BCUT2D eigenvalue weighted by atomic mass is 16.1. The molecule has 2 aromatic rings. The normalized spacial score (nSPS) is 11.4. The Balaban J connectivity index is 2.41. The minimum absolute atomic E-state index is 0.0296. The van der Waals surface area contributed by atoms with Gasteiger partial charge in [0.15, 0.2) is 0 Å². The van der Waals surface area contributed by atoms with Crippen molar-refractivity contribution in [2.24, 2.45) is 0 Å². The van der Waals surface area contributed by atoms with Crippen LogP contribution >= 0.6 is 0 Å². The van der Waals surface area contributed by atoms with Gasteiger partial charge in [0.1, 0.15) is 0 Å². The van der Waals surface area contributed by atoms with Crippen LogP contribution in [0.2, 0.25) is 0 Å². The van der Waals surface area contributed by atoms with Crippen LogP contribution in [0.3, 0.4) is 0 Å². The van der Waals surface area contributed by atoms with Crippen LogP contribution in [0.1, 0.15) is 0 Å². The van der Waals surface area contributed by atoms with E-state index in [4.69, 9.17) is 0 Å². The fourth-order valence-electron chi connectivity index (χ4n) is 1.63. The Morgan fingerprint density at radius 2 is 2.07 bits per heavy atom. The standard InChI is InChI=1S/C11H15N3O/c1-13(2)7-8-14-10-6-4-3-5-9(10)12-11(14)15/h3-6H,7-8H2,1-2H3,(H,12,15). The summed E-state index contributed by atoms with van der Waals surface area (Å²) in [6, 6.07) is 7.75. The zero-order chi connectivity index (χ0) is 10.8. The van der Waals surface area contributed by atoms with Crippen LogP contribution in [0.15, 0.2) is 29.1 Å². The lowest BCUT2D eigenvalue weighted by Gasteiger charge is -2.09. The first-order chi connectivity index (χ1) is 7.18. The maximum Gasteiger partial charge on any atom is 0.326 e. The van der Waals surface area contributed by atoms with E-state index in [-0.39, 0.29) is 5.69 Å². The summed E-state index contributed by atoms with van der Waals surface area (Å²) in [7, 11) is 4.00. The minimum Gasteiger partial charge on any atom is -0.308 e. The number of aromatic amines is 1. The molecule has 4 nitrogen and oxygen atoms in total. The van der Waals surface area contributed by atoms with Gasteiger partial charge in [-0.3, -0.25) is 4.57 Å². The third-order valence-electron chi connectivity index (χ3n) is 2.45. The summed E-state index contributed by atoms with van der Waals surface area (Å²) in [5.41, 5.74) is 1.85. The number of H-pyrrole nitrogens is 1. The van der Waals surface area contributed by atoms with Crippen molar-refractivity contribution < 1.29 is 0 Å². The molecule has 0 bridgehead atoms. The SMILES string of the molecule is CN(C)CCn1c(=O)[nH]c2ccccc21. The van der Waals surface area contributed by atoms with Crippen LogP contribution < -0.4 is 5.69 Å². The molecule has 1 aromatic heterocycles. The predicted octanol–water partition coefficient (Wildman–Crippen LogP) is 0.891. The van der Waals surface area contributed by atoms with Crippen LogP contribution in [0.4, 0.5) is 0 Å². The van der Waals surface area contributed by atoms with Crippen molar-refractivity contribution in [3.63, 3.8) is 0 Å². The van der Waals surface area contributed by atoms with E-state index in [1.165, 1.54) is 0 Å². The third-order valence-corrected chi connectivity index (χ3v) is 2.45. The fraction of sp³-hybridized carbons (Fsp3) is 0.364. The topological polar surface area (TPSA) is 41.0 Å². The lowest BCUT2D eigenvalue weighted by Crippen LogP contribution is -2.24. The quantitative estimate of drug-likeness (QED) is 0.808. The molecular weight excluding hydrogens is 190 g/mol. The number of nitrogens with zero attached hydrogens (tertiary/aromatic N) is 2. The largest absolute Gasteiger partial charge is 0.326 e. The van der Waals surface area contributed by atoms with Gasteiger partial charge in [-0.2, -0.15) is 0 Å². The summed E-state index contributed by atoms with van der Waals surface area (Å²) in [4.78, 5) is 16.5. The van der Waals surface area contributed by atoms with Crippen molar-refractivity contribution in [3.8, 4) is 0 Å². The van der Waals surface area contributed by atoms with Gasteiger partial charge in [0, 0.05) is 13.1 Å². The van der Waals surface area contributed by atoms with Gasteiger partial charge in [-0.1, -0.05) is 12.1 Å². The second-order valence-electron chi connectivity index (χ2n) is 3.90. The molecular formula is C11H15N3O. The zero-order valence-corrected chi connectivity index (χ0v) is 9.03. The molecule has 0 saturated carbocycles. The van der Waals surface area contributed by atoms with Crippen molar-refractivity contribution in [2.75, 3.05) is 20.6 Å². The van der Waals surface area contributed by atoms with Crippen molar-refractivity contribution in [1.29, 1.82) is 0 Å². The van der Waals surface area contributed by atoms with Gasteiger partial charge >= 0.3 is 5.69 Å². The summed E-state index contributed by atoms with van der Waals surface area (Å²) in [5.74, 6) is 0. The Hall–Kier alpha value is -1.55. The number of hydrogen-bond donors (Lipinski definition) is 1. The van der Waals surface area contributed by atoms with Gasteiger partial charge in [-0.05, 0) is 26.2 Å². The first kappa shape index (κ1) is 9.98. The first-order valence-corrected chi connectivity index (χ1v) is 5.01. The summed E-state index contributed by atoms with van der Waals surface area (Å²) >= 11 is 0. The molecule has 0 unspecified atom stereocenters. The molecule has 2 rings (SSSR count). The van der Waals surface area contributed by atoms with Crippen LogP contribution in [0.25, 0.3) is 11.0 Å². The number of rotatable bonds is 3. The van der Waals surface area contributed by atoms with Gasteiger partial charge in [0.25, 0.3) is 0 Å². The van der Waals surface area contributed by atoms with Gasteiger partial charge in [0.2, 0.25) is 0 Å². The Labute approximate surface area is 88.1 Å². The molecule has 0 atom stereocenters. The van der Waals surface area contributed by atoms with E-state index in [9.17, 15) is 4.79 Å². The van der Waals surface area contributed by atoms with Crippen molar-refractivity contribution in [1.82, 2.24) is 14.5 Å². The second kappa shape index (κ2) is 3.90. The number of nitrogens with one attached hydrogen (secondary N) is 1. The highest BCUT2D eigenvalue weighted by Gasteiger charge is 2.04. The lowest BCUT2D eigenvalue weighted by atomic mass is 10.3. The number of likely N-dealkylation sites (N-methyl/N-ethyl adjacent to an activating group) is 1. The number of fused-ring (bicyclic) bond motifs is 1. The molecule has 4 heteroatoms. The van der Waals surface area contributed by atoms with Crippen LogP contribution in [-0.2, 0) is 6.54 Å².